The molecule has 2 rings (SSSR count). The predicted octanol–water partition coefficient (Wildman–Crippen LogP) is 3.09. The molecule has 0 aliphatic carbocycles. The SMILES string of the molecule is CCOC(=O)Cn1cnc(OC[C@H](NC(=O)OC(C)(C)C)c2ccc(C#N)cc2)c(Br)c1=O. The lowest BCUT2D eigenvalue weighted by molar-refractivity contribution is -0.143. The molecule has 2 aromatic rings. The number of nitrogens with zero attached hydrogens (tertiary/aromatic N) is 3. The van der Waals surface area contributed by atoms with Gasteiger partial charge in [0, 0.05) is 0 Å². The largest absolute Gasteiger partial charge is 0.474 e. The molecule has 0 radical (unpaired) electrons. The van der Waals surface area contributed by atoms with Gasteiger partial charge in [0.05, 0.1) is 24.3 Å². The standard InChI is InChI=1S/C22H25BrN4O6/c1-5-31-17(28)11-27-13-25-19(18(23)20(27)29)32-12-16(26-21(30)33-22(2,3)4)15-8-6-14(10-24)7-9-15/h6-9,13,16H,5,11-12H2,1-4H3,(H,26,30)/t16-/m0/s1. The fourth-order valence-corrected chi connectivity index (χ4v) is 3.08. The van der Waals surface area contributed by atoms with Crippen molar-refractivity contribution in [3.8, 4) is 11.9 Å². The van der Waals surface area contributed by atoms with E-state index in [1.165, 1.54) is 6.33 Å². The monoisotopic (exact) mass is 520 g/mol. The van der Waals surface area contributed by atoms with Crippen LogP contribution in [0.2, 0.25) is 0 Å². The van der Waals surface area contributed by atoms with Gasteiger partial charge in [0.15, 0.2) is 0 Å². The van der Waals surface area contributed by atoms with Gasteiger partial charge >= 0.3 is 12.1 Å². The second-order valence-electron chi connectivity index (χ2n) is 7.85. The summed E-state index contributed by atoms with van der Waals surface area (Å²) in [4.78, 5) is 40.6. The first-order chi connectivity index (χ1) is 15.5. The first-order valence-corrected chi connectivity index (χ1v) is 10.9. The Kier molecular flexibility index (Phi) is 8.99. The van der Waals surface area contributed by atoms with Crippen molar-refractivity contribution < 1.29 is 23.8 Å². The highest BCUT2D eigenvalue weighted by Gasteiger charge is 2.22. The summed E-state index contributed by atoms with van der Waals surface area (Å²) in [6.45, 7) is 6.72. The van der Waals surface area contributed by atoms with Gasteiger partial charge in [-0.2, -0.15) is 5.26 Å². The molecule has 0 unspecified atom stereocenters. The number of carbonyl (C=O) groups excluding carboxylic acids is 2. The number of nitrogens with one attached hydrogen (secondary N) is 1. The van der Waals surface area contributed by atoms with Crippen LogP contribution in [0.15, 0.2) is 39.9 Å². The van der Waals surface area contributed by atoms with E-state index in [-0.39, 0.29) is 30.1 Å². The maximum atomic E-state index is 12.5. The number of ether oxygens (including phenoxy) is 3. The zero-order valence-electron chi connectivity index (χ0n) is 18.8. The van der Waals surface area contributed by atoms with Gasteiger partial charge in [-0.05, 0) is 61.3 Å². The fourth-order valence-electron chi connectivity index (χ4n) is 2.63. The molecule has 0 aliphatic rings. The van der Waals surface area contributed by atoms with E-state index in [1.54, 1.807) is 52.0 Å². The van der Waals surface area contributed by atoms with Crippen molar-refractivity contribution in [2.75, 3.05) is 13.2 Å². The topological polar surface area (TPSA) is 133 Å². The van der Waals surface area contributed by atoms with Gasteiger partial charge in [0.2, 0.25) is 5.88 Å². The van der Waals surface area contributed by atoms with Crippen LogP contribution in [0.5, 0.6) is 5.88 Å². The predicted molar refractivity (Wildman–Crippen MR) is 122 cm³/mol. The Morgan fingerprint density at radius 3 is 2.52 bits per heavy atom. The lowest BCUT2D eigenvalue weighted by Crippen LogP contribution is -2.37. The number of benzene rings is 1. The summed E-state index contributed by atoms with van der Waals surface area (Å²) in [5.74, 6) is -0.575. The number of nitriles is 1. The Balaban J connectivity index is 2.21. The molecule has 0 aliphatic heterocycles. The molecule has 0 fully saturated rings. The van der Waals surface area contributed by atoms with Crippen LogP contribution in [0.4, 0.5) is 4.79 Å². The highest BCUT2D eigenvalue weighted by Crippen LogP contribution is 2.21. The number of esters is 1. The van der Waals surface area contributed by atoms with Crippen LogP contribution >= 0.6 is 15.9 Å². The number of amides is 1. The second kappa shape index (κ2) is 11.5. The van der Waals surface area contributed by atoms with E-state index in [0.717, 1.165) is 4.57 Å². The van der Waals surface area contributed by atoms with Crippen molar-refractivity contribution in [2.45, 2.75) is 45.9 Å². The van der Waals surface area contributed by atoms with Crippen LogP contribution in [-0.4, -0.2) is 40.4 Å². The summed E-state index contributed by atoms with van der Waals surface area (Å²) >= 11 is 3.15. The molecule has 1 aromatic carbocycles. The highest BCUT2D eigenvalue weighted by molar-refractivity contribution is 9.10. The number of rotatable bonds is 8. The Bertz CT molecular complexity index is 1090. The summed E-state index contributed by atoms with van der Waals surface area (Å²) in [6.07, 6.45) is 0.523. The Labute approximate surface area is 199 Å². The average molecular weight is 521 g/mol. The molecule has 10 nitrogen and oxygen atoms in total. The summed E-state index contributed by atoms with van der Waals surface area (Å²) in [6, 6.07) is 7.97. The highest BCUT2D eigenvalue weighted by atomic mass is 79.9. The maximum absolute atomic E-state index is 12.5. The molecule has 0 bridgehead atoms. The minimum atomic E-state index is -0.700. The van der Waals surface area contributed by atoms with Crippen LogP contribution in [-0.2, 0) is 20.8 Å². The van der Waals surface area contributed by atoms with Crippen molar-refractivity contribution in [2.24, 2.45) is 0 Å². The molecule has 1 aromatic heterocycles. The molecule has 33 heavy (non-hydrogen) atoms. The van der Waals surface area contributed by atoms with E-state index in [0.29, 0.717) is 11.1 Å². The van der Waals surface area contributed by atoms with Crippen LogP contribution in [0.1, 0.15) is 44.9 Å². The Hall–Kier alpha value is -3.39. The third kappa shape index (κ3) is 7.91. The van der Waals surface area contributed by atoms with E-state index in [2.05, 4.69) is 26.2 Å². The number of alkyl carbamates (subject to hydrolysis) is 1. The van der Waals surface area contributed by atoms with Gasteiger partial charge in [0.25, 0.3) is 5.56 Å². The molecule has 0 saturated heterocycles. The van der Waals surface area contributed by atoms with Crippen LogP contribution < -0.4 is 15.6 Å². The van der Waals surface area contributed by atoms with Crippen LogP contribution in [0.3, 0.4) is 0 Å². The zero-order chi connectivity index (χ0) is 24.6. The lowest BCUT2D eigenvalue weighted by atomic mass is 10.1. The van der Waals surface area contributed by atoms with Gasteiger partial charge in [-0.25, -0.2) is 9.78 Å². The van der Waals surface area contributed by atoms with Gasteiger partial charge < -0.3 is 19.5 Å². The molecule has 0 saturated carbocycles. The van der Waals surface area contributed by atoms with E-state index in [1.807, 2.05) is 6.07 Å². The van der Waals surface area contributed by atoms with Crippen LogP contribution in [0.25, 0.3) is 0 Å². The van der Waals surface area contributed by atoms with E-state index in [9.17, 15) is 14.4 Å². The fraction of sp³-hybridized carbons (Fsp3) is 0.409. The molecule has 1 N–H and O–H groups in total. The van der Waals surface area contributed by atoms with Gasteiger partial charge in [-0.15, -0.1) is 0 Å². The Morgan fingerprint density at radius 2 is 1.94 bits per heavy atom. The van der Waals surface area contributed by atoms with Crippen molar-refractivity contribution in [3.63, 3.8) is 0 Å². The normalized spacial score (nSPS) is 11.8. The molecule has 1 heterocycles. The van der Waals surface area contributed by atoms with Crippen molar-refractivity contribution in [1.29, 1.82) is 5.26 Å². The molecule has 176 valence electrons. The molecular weight excluding hydrogens is 496 g/mol. The second-order valence-corrected chi connectivity index (χ2v) is 8.64. The third-order valence-electron chi connectivity index (χ3n) is 4.08. The quantitative estimate of drug-likeness (QED) is 0.525. The number of hydrogen-bond donors (Lipinski definition) is 1. The molecule has 1 amide bonds. The first-order valence-electron chi connectivity index (χ1n) is 10.1. The number of carbonyl (C=O) groups is 2. The van der Waals surface area contributed by atoms with Crippen molar-refractivity contribution >= 4 is 28.0 Å². The number of hydrogen-bond acceptors (Lipinski definition) is 8. The van der Waals surface area contributed by atoms with Crippen LogP contribution in [0, 0.1) is 11.3 Å². The number of aromatic nitrogens is 2. The van der Waals surface area contributed by atoms with Gasteiger partial charge in [-0.1, -0.05) is 12.1 Å². The first kappa shape index (κ1) is 25.9. The minimum absolute atomic E-state index is 0.00950. The van der Waals surface area contributed by atoms with Crippen molar-refractivity contribution in [1.82, 2.24) is 14.9 Å². The van der Waals surface area contributed by atoms with Crippen molar-refractivity contribution in [3.05, 3.63) is 56.5 Å². The summed E-state index contributed by atoms with van der Waals surface area (Å²) in [5.41, 5.74) is -0.103. The van der Waals surface area contributed by atoms with Gasteiger partial charge in [0.1, 0.15) is 29.6 Å². The summed E-state index contributed by atoms with van der Waals surface area (Å²) in [5, 5.41) is 11.7. The smallest absolute Gasteiger partial charge is 0.408 e. The molecule has 1 atom stereocenters. The van der Waals surface area contributed by atoms with Gasteiger partial charge in [-0.3, -0.25) is 14.2 Å². The summed E-state index contributed by atoms with van der Waals surface area (Å²) < 4.78 is 17.0. The molecule has 0 spiro atoms. The minimum Gasteiger partial charge on any atom is -0.474 e. The van der Waals surface area contributed by atoms with E-state index >= 15 is 0 Å². The zero-order valence-corrected chi connectivity index (χ0v) is 20.3. The average Bonchev–Trinajstić information content (AvgIpc) is 2.74. The lowest BCUT2D eigenvalue weighted by Gasteiger charge is -2.24. The molecular formula is C22H25BrN4O6. The number of halogens is 1. The summed E-state index contributed by atoms with van der Waals surface area (Å²) in [7, 11) is 0. The Morgan fingerprint density at radius 1 is 1.27 bits per heavy atom. The molecule has 11 heteroatoms. The van der Waals surface area contributed by atoms with E-state index < -0.39 is 29.3 Å². The van der Waals surface area contributed by atoms with E-state index in [4.69, 9.17) is 19.5 Å². The maximum Gasteiger partial charge on any atom is 0.408 e. The third-order valence-corrected chi connectivity index (χ3v) is 4.75.